The standard InChI is InChI=1S/C31H44N2O5/c1-4-31(37)16-13-26-24-10-9-22-17-23(11-14-29(22,2)25(24)12-15-30(26,31)3)33-38-19-27(34)32-18-20-5-7-21(8-6-20)28(35)36/h1,17,20-21,24-26,37H,5-16,18-19H2,2-3H3,(H,32,34)(H,35,36). The van der Waals surface area contributed by atoms with Crippen molar-refractivity contribution in [2.75, 3.05) is 13.2 Å². The van der Waals surface area contributed by atoms with Gasteiger partial charge in [-0.1, -0.05) is 30.5 Å². The van der Waals surface area contributed by atoms with Crippen LogP contribution in [0.1, 0.15) is 90.9 Å². The van der Waals surface area contributed by atoms with E-state index in [-0.39, 0.29) is 29.3 Å². The number of amides is 1. The zero-order valence-electron chi connectivity index (χ0n) is 23.0. The Hall–Kier alpha value is -2.33. The summed E-state index contributed by atoms with van der Waals surface area (Å²) < 4.78 is 0. The molecule has 5 rings (SSSR count). The fourth-order valence-corrected chi connectivity index (χ4v) is 8.99. The molecule has 0 spiro atoms. The highest BCUT2D eigenvalue weighted by atomic mass is 16.6. The number of oxime groups is 1. The molecule has 0 radical (unpaired) electrons. The molecule has 0 aliphatic heterocycles. The highest BCUT2D eigenvalue weighted by Gasteiger charge is 2.63. The van der Waals surface area contributed by atoms with Crippen LogP contribution in [0.15, 0.2) is 16.8 Å². The Kier molecular flexibility index (Phi) is 7.41. The van der Waals surface area contributed by atoms with Crippen molar-refractivity contribution in [1.29, 1.82) is 0 Å². The van der Waals surface area contributed by atoms with E-state index in [0.717, 1.165) is 69.9 Å². The minimum atomic E-state index is -0.963. The van der Waals surface area contributed by atoms with E-state index in [1.165, 1.54) is 5.57 Å². The van der Waals surface area contributed by atoms with Gasteiger partial charge in [0.05, 0.1) is 11.6 Å². The van der Waals surface area contributed by atoms with Gasteiger partial charge in [-0.05, 0) is 112 Å². The van der Waals surface area contributed by atoms with Crippen molar-refractivity contribution in [1.82, 2.24) is 5.32 Å². The van der Waals surface area contributed by atoms with Crippen LogP contribution >= 0.6 is 0 Å². The van der Waals surface area contributed by atoms with Crippen molar-refractivity contribution in [2.24, 2.45) is 45.6 Å². The van der Waals surface area contributed by atoms with Gasteiger partial charge in [0.15, 0.2) is 6.61 Å². The summed E-state index contributed by atoms with van der Waals surface area (Å²) in [6.45, 7) is 5.12. The maximum atomic E-state index is 12.3. The van der Waals surface area contributed by atoms with Crippen molar-refractivity contribution in [2.45, 2.75) is 96.5 Å². The first-order chi connectivity index (χ1) is 18.1. The van der Waals surface area contributed by atoms with Crippen molar-refractivity contribution >= 4 is 17.6 Å². The molecule has 3 N–H and O–H groups in total. The number of nitrogens with one attached hydrogen (secondary N) is 1. The average molecular weight is 525 g/mol. The lowest BCUT2D eigenvalue weighted by Gasteiger charge is -2.58. The maximum Gasteiger partial charge on any atom is 0.306 e. The van der Waals surface area contributed by atoms with Crippen LogP contribution in [0.5, 0.6) is 0 Å². The number of carboxylic acid groups (broad SMARTS) is 1. The summed E-state index contributed by atoms with van der Waals surface area (Å²) in [6.07, 6.45) is 19.0. The molecule has 1 amide bonds. The normalized spacial score (nSPS) is 43.2. The number of hydrogen-bond donors (Lipinski definition) is 3. The number of aliphatic hydroxyl groups is 1. The summed E-state index contributed by atoms with van der Waals surface area (Å²) >= 11 is 0. The summed E-state index contributed by atoms with van der Waals surface area (Å²) in [5, 5.41) is 27.6. The molecule has 0 aromatic carbocycles. The number of terminal acetylenes is 1. The van der Waals surface area contributed by atoms with Crippen LogP contribution in [-0.2, 0) is 14.4 Å². The molecule has 0 bridgehead atoms. The van der Waals surface area contributed by atoms with Crippen LogP contribution in [0.25, 0.3) is 0 Å². The molecule has 0 saturated heterocycles. The minimum absolute atomic E-state index is 0.0997. The Bertz CT molecular complexity index is 1050. The van der Waals surface area contributed by atoms with E-state index in [4.69, 9.17) is 16.4 Å². The summed E-state index contributed by atoms with van der Waals surface area (Å²) in [7, 11) is 0. The Morgan fingerprint density at radius 2 is 1.82 bits per heavy atom. The van der Waals surface area contributed by atoms with Gasteiger partial charge in [-0.15, -0.1) is 6.42 Å². The topological polar surface area (TPSA) is 108 Å². The molecule has 7 nitrogen and oxygen atoms in total. The minimum Gasteiger partial charge on any atom is -0.481 e. The number of carboxylic acids is 1. The smallest absolute Gasteiger partial charge is 0.306 e. The number of carbonyl (C=O) groups is 2. The van der Waals surface area contributed by atoms with Crippen LogP contribution in [0.2, 0.25) is 0 Å². The van der Waals surface area contributed by atoms with Gasteiger partial charge in [0.2, 0.25) is 0 Å². The zero-order chi connectivity index (χ0) is 27.1. The molecule has 208 valence electrons. The zero-order valence-corrected chi connectivity index (χ0v) is 23.0. The van der Waals surface area contributed by atoms with Crippen molar-refractivity contribution in [3.63, 3.8) is 0 Å². The van der Waals surface area contributed by atoms with E-state index in [0.29, 0.717) is 43.1 Å². The first kappa shape index (κ1) is 27.2. The monoisotopic (exact) mass is 524 g/mol. The quantitative estimate of drug-likeness (QED) is 0.345. The Morgan fingerprint density at radius 3 is 2.53 bits per heavy atom. The average Bonchev–Trinajstić information content (AvgIpc) is 3.18. The molecular formula is C31H44N2O5. The lowest BCUT2D eigenvalue weighted by Crippen LogP contribution is -2.54. The molecule has 6 unspecified atom stereocenters. The van der Waals surface area contributed by atoms with E-state index in [1.54, 1.807) is 0 Å². The van der Waals surface area contributed by atoms with Crippen molar-refractivity contribution in [3.8, 4) is 12.3 Å². The molecule has 7 heteroatoms. The second kappa shape index (κ2) is 10.3. The van der Waals surface area contributed by atoms with Crippen LogP contribution in [0, 0.1) is 52.8 Å². The first-order valence-corrected chi connectivity index (χ1v) is 14.7. The number of rotatable bonds is 6. The maximum absolute atomic E-state index is 12.3. The molecule has 5 aliphatic rings. The van der Waals surface area contributed by atoms with E-state index < -0.39 is 11.6 Å². The highest BCUT2D eigenvalue weighted by Crippen LogP contribution is 2.67. The molecule has 6 atom stereocenters. The highest BCUT2D eigenvalue weighted by molar-refractivity contribution is 5.96. The van der Waals surface area contributed by atoms with Gasteiger partial charge in [-0.25, -0.2) is 0 Å². The molecule has 4 saturated carbocycles. The lowest BCUT2D eigenvalue weighted by atomic mass is 9.46. The summed E-state index contributed by atoms with van der Waals surface area (Å²) in [5.41, 5.74) is 1.39. The predicted molar refractivity (Wildman–Crippen MR) is 145 cm³/mol. The predicted octanol–water partition coefficient (Wildman–Crippen LogP) is 4.69. The summed E-state index contributed by atoms with van der Waals surface area (Å²) in [6, 6.07) is 0. The van der Waals surface area contributed by atoms with Crippen molar-refractivity contribution in [3.05, 3.63) is 11.6 Å². The van der Waals surface area contributed by atoms with Gasteiger partial charge >= 0.3 is 5.97 Å². The van der Waals surface area contributed by atoms with E-state index >= 15 is 0 Å². The lowest BCUT2D eigenvalue weighted by molar-refractivity contribution is -0.143. The van der Waals surface area contributed by atoms with Gasteiger partial charge in [0.25, 0.3) is 5.91 Å². The second-order valence-corrected chi connectivity index (χ2v) is 13.2. The molecular weight excluding hydrogens is 480 g/mol. The molecule has 4 fully saturated rings. The number of aliphatic carboxylic acids is 1. The van der Waals surface area contributed by atoms with Gasteiger partial charge < -0.3 is 20.4 Å². The van der Waals surface area contributed by atoms with Gasteiger partial charge in [-0.2, -0.15) is 0 Å². The molecule has 0 aromatic rings. The van der Waals surface area contributed by atoms with Gasteiger partial charge in [0.1, 0.15) is 5.60 Å². The molecule has 0 aromatic heterocycles. The third-order valence-corrected chi connectivity index (χ3v) is 11.5. The van der Waals surface area contributed by atoms with Crippen LogP contribution in [-0.4, -0.2) is 46.6 Å². The number of nitrogens with zero attached hydrogens (tertiary/aromatic N) is 1. The SMILES string of the molecule is C#CC1(O)CCC2C3CCC4=CC(=NOCC(=O)NCC5CCC(C(=O)O)CC5)CCC4(C)C3CCC21C. The fraction of sp³-hybridized carbons (Fsp3) is 0.774. The Labute approximate surface area is 226 Å². The summed E-state index contributed by atoms with van der Waals surface area (Å²) in [5.74, 6) is 3.68. The molecule has 38 heavy (non-hydrogen) atoms. The third-order valence-electron chi connectivity index (χ3n) is 11.5. The van der Waals surface area contributed by atoms with Crippen LogP contribution in [0.3, 0.4) is 0 Å². The number of carbonyl (C=O) groups excluding carboxylic acids is 1. The largest absolute Gasteiger partial charge is 0.481 e. The Balaban J connectivity index is 1.13. The number of hydrogen-bond acceptors (Lipinski definition) is 5. The summed E-state index contributed by atoms with van der Waals surface area (Å²) in [4.78, 5) is 28.8. The fourth-order valence-electron chi connectivity index (χ4n) is 8.99. The van der Waals surface area contributed by atoms with E-state index in [2.05, 4.69) is 36.3 Å². The van der Waals surface area contributed by atoms with Crippen LogP contribution < -0.4 is 5.32 Å². The van der Waals surface area contributed by atoms with Crippen LogP contribution in [0.4, 0.5) is 0 Å². The molecule has 5 aliphatic carbocycles. The van der Waals surface area contributed by atoms with Crippen molar-refractivity contribution < 1.29 is 24.6 Å². The van der Waals surface area contributed by atoms with E-state index in [1.807, 2.05) is 0 Å². The molecule has 0 heterocycles. The van der Waals surface area contributed by atoms with E-state index in [9.17, 15) is 14.7 Å². The van der Waals surface area contributed by atoms with Gasteiger partial charge in [-0.3, -0.25) is 9.59 Å². The number of fused-ring (bicyclic) bond motifs is 5. The Morgan fingerprint density at radius 1 is 1.08 bits per heavy atom. The van der Waals surface area contributed by atoms with Gasteiger partial charge in [0, 0.05) is 12.0 Å². The third kappa shape index (κ3) is 4.68. The number of allylic oxidation sites excluding steroid dienone is 2. The second-order valence-electron chi connectivity index (χ2n) is 13.2. The first-order valence-electron chi connectivity index (χ1n) is 14.7.